The van der Waals surface area contributed by atoms with Crippen molar-refractivity contribution in [3.05, 3.63) is 88.5 Å². The van der Waals surface area contributed by atoms with Gasteiger partial charge < -0.3 is 5.32 Å². The van der Waals surface area contributed by atoms with Crippen LogP contribution < -0.4 is 5.32 Å². The van der Waals surface area contributed by atoms with E-state index in [1.807, 2.05) is 18.2 Å². The predicted molar refractivity (Wildman–Crippen MR) is 128 cm³/mol. The Morgan fingerprint density at radius 3 is 2.81 bits per heavy atom. The van der Waals surface area contributed by atoms with Gasteiger partial charge in [-0.1, -0.05) is 54.6 Å². The van der Waals surface area contributed by atoms with E-state index in [1.165, 1.54) is 27.1 Å². The highest BCUT2D eigenvalue weighted by atomic mass is 32.2. The van der Waals surface area contributed by atoms with E-state index in [-0.39, 0.29) is 11.9 Å². The molecule has 0 unspecified atom stereocenters. The zero-order valence-electron chi connectivity index (χ0n) is 17.9. The number of benzene rings is 3. The van der Waals surface area contributed by atoms with Crippen molar-refractivity contribution in [1.82, 2.24) is 5.32 Å². The van der Waals surface area contributed by atoms with Crippen molar-refractivity contribution in [2.24, 2.45) is 4.99 Å². The fraction of sp³-hybridized carbons (Fsp3) is 0.259. The molecule has 31 heavy (non-hydrogen) atoms. The predicted octanol–water partition coefficient (Wildman–Crippen LogP) is 6.80. The van der Waals surface area contributed by atoms with Gasteiger partial charge in [-0.05, 0) is 74.1 Å². The monoisotopic (exact) mass is 426 g/mol. The Morgan fingerprint density at radius 2 is 1.94 bits per heavy atom. The molecule has 3 aromatic carbocycles. The second-order valence-corrected chi connectivity index (χ2v) is 9.40. The number of nitrogens with one attached hydrogen (secondary N) is 1. The summed E-state index contributed by atoms with van der Waals surface area (Å²) in [6.07, 6.45) is 4.03. The minimum absolute atomic E-state index is 0.0274. The number of fused-ring (bicyclic) bond motifs is 3. The lowest BCUT2D eigenvalue weighted by Crippen LogP contribution is -2.30. The van der Waals surface area contributed by atoms with Crippen molar-refractivity contribution < 1.29 is 4.79 Å². The zero-order chi connectivity index (χ0) is 21.4. The number of hydrogen-bond acceptors (Lipinski definition) is 3. The van der Waals surface area contributed by atoms with Gasteiger partial charge in [0.1, 0.15) is 0 Å². The molecule has 4 heteroatoms. The number of nitrogens with zero attached hydrogens (tertiary/aromatic N) is 1. The van der Waals surface area contributed by atoms with Gasteiger partial charge in [0, 0.05) is 26.6 Å². The van der Waals surface area contributed by atoms with Crippen LogP contribution in [0.4, 0.5) is 5.69 Å². The summed E-state index contributed by atoms with van der Waals surface area (Å²) in [5.41, 5.74) is 7.67. The molecule has 0 bridgehead atoms. The first-order chi connectivity index (χ1) is 15.1. The zero-order valence-corrected chi connectivity index (χ0v) is 18.8. The molecular weight excluding hydrogens is 400 g/mol. The third-order valence-electron chi connectivity index (χ3n) is 6.15. The molecule has 1 heterocycles. The highest BCUT2D eigenvalue weighted by Gasteiger charge is 2.23. The van der Waals surface area contributed by atoms with Gasteiger partial charge in [-0.2, -0.15) is 0 Å². The van der Waals surface area contributed by atoms with Gasteiger partial charge in [-0.15, -0.1) is 0 Å². The fourth-order valence-electron chi connectivity index (χ4n) is 4.53. The molecular formula is C27H26N2OS. The molecule has 1 N–H and O–H groups in total. The van der Waals surface area contributed by atoms with Gasteiger partial charge in [-0.25, -0.2) is 0 Å². The Bertz CT molecular complexity index is 1200. The minimum atomic E-state index is -0.0274. The lowest BCUT2D eigenvalue weighted by Gasteiger charge is -2.26. The van der Waals surface area contributed by atoms with Crippen LogP contribution in [0.3, 0.4) is 0 Å². The first-order valence-corrected chi connectivity index (χ1v) is 11.8. The number of carbonyl (C=O) groups is 1. The van der Waals surface area contributed by atoms with Gasteiger partial charge in [0.15, 0.2) is 0 Å². The fourth-order valence-corrected chi connectivity index (χ4v) is 5.53. The van der Waals surface area contributed by atoms with Crippen molar-refractivity contribution in [3.63, 3.8) is 0 Å². The van der Waals surface area contributed by atoms with Crippen molar-refractivity contribution in [1.29, 1.82) is 0 Å². The Morgan fingerprint density at radius 1 is 1.10 bits per heavy atom. The van der Waals surface area contributed by atoms with Crippen LogP contribution in [0.15, 0.2) is 75.4 Å². The summed E-state index contributed by atoms with van der Waals surface area (Å²) < 4.78 is 0. The molecule has 1 amide bonds. The normalized spacial score (nSPS) is 17.0. The molecule has 0 saturated carbocycles. The second kappa shape index (κ2) is 8.35. The van der Waals surface area contributed by atoms with Gasteiger partial charge in [-0.3, -0.25) is 9.79 Å². The average molecular weight is 427 g/mol. The van der Waals surface area contributed by atoms with E-state index in [2.05, 4.69) is 61.6 Å². The second-order valence-electron chi connectivity index (χ2n) is 8.31. The Balaban J connectivity index is 1.45. The van der Waals surface area contributed by atoms with E-state index < -0.39 is 0 Å². The van der Waals surface area contributed by atoms with E-state index in [0.717, 1.165) is 42.0 Å². The van der Waals surface area contributed by atoms with Crippen LogP contribution in [0.1, 0.15) is 64.8 Å². The third-order valence-corrected chi connectivity index (χ3v) is 7.29. The van der Waals surface area contributed by atoms with Crippen molar-refractivity contribution >= 4 is 29.1 Å². The summed E-state index contributed by atoms with van der Waals surface area (Å²) in [4.78, 5) is 20.4. The van der Waals surface area contributed by atoms with Gasteiger partial charge in [0.2, 0.25) is 0 Å². The maximum Gasteiger partial charge on any atom is 0.251 e. The molecule has 1 aliphatic heterocycles. The molecule has 0 radical (unpaired) electrons. The molecule has 1 atom stereocenters. The number of aryl methyl sites for hydroxylation is 2. The van der Waals surface area contributed by atoms with Crippen LogP contribution in [-0.4, -0.2) is 11.6 Å². The standard InChI is InChI=1S/C27H26N2OS/c1-3-22-21-15-17(2)11-13-25(21)31-26-14-12-19(16-24(26)28-22)27(30)29-23-10-6-8-18-7-4-5-9-20(18)23/h4-5,7,9,11-16,23H,3,6,8,10H2,1-2H3,(H,29,30)/t23-/m0/s1. The van der Waals surface area contributed by atoms with Crippen LogP contribution in [0.5, 0.6) is 0 Å². The molecule has 3 aromatic rings. The maximum atomic E-state index is 13.1. The van der Waals surface area contributed by atoms with Crippen molar-refractivity contribution in [3.8, 4) is 0 Å². The van der Waals surface area contributed by atoms with Crippen molar-refractivity contribution in [2.45, 2.75) is 55.4 Å². The molecule has 1 aliphatic carbocycles. The first-order valence-electron chi connectivity index (χ1n) is 11.0. The SMILES string of the molecule is CCC1=Nc2cc(C(=O)N[C@H]3CCCc4ccccc43)ccc2Sc2ccc(C)cc21. The first kappa shape index (κ1) is 20.1. The highest BCUT2D eigenvalue weighted by Crippen LogP contribution is 2.41. The number of amides is 1. The molecule has 156 valence electrons. The van der Waals surface area contributed by atoms with Crippen LogP contribution in [0.2, 0.25) is 0 Å². The van der Waals surface area contributed by atoms with Gasteiger partial charge in [0.05, 0.1) is 11.7 Å². The largest absolute Gasteiger partial charge is 0.345 e. The van der Waals surface area contributed by atoms with E-state index in [4.69, 9.17) is 4.99 Å². The summed E-state index contributed by atoms with van der Waals surface area (Å²) >= 11 is 1.73. The lowest BCUT2D eigenvalue weighted by atomic mass is 9.87. The third kappa shape index (κ3) is 3.92. The smallest absolute Gasteiger partial charge is 0.251 e. The number of rotatable bonds is 3. The Kier molecular flexibility index (Phi) is 5.41. The maximum absolute atomic E-state index is 13.1. The number of hydrogen-bond donors (Lipinski definition) is 1. The van der Waals surface area contributed by atoms with E-state index in [0.29, 0.717) is 5.56 Å². The van der Waals surface area contributed by atoms with Gasteiger partial charge in [0.25, 0.3) is 5.91 Å². The molecule has 0 aromatic heterocycles. The van der Waals surface area contributed by atoms with Crippen LogP contribution in [0.25, 0.3) is 0 Å². The molecule has 2 aliphatic rings. The number of carbonyl (C=O) groups excluding carboxylic acids is 1. The highest BCUT2D eigenvalue weighted by molar-refractivity contribution is 7.99. The van der Waals surface area contributed by atoms with Crippen LogP contribution in [0, 0.1) is 6.92 Å². The summed E-state index contributed by atoms with van der Waals surface area (Å²) in [5.74, 6) is -0.0274. The minimum Gasteiger partial charge on any atom is -0.345 e. The molecule has 3 nitrogen and oxygen atoms in total. The van der Waals surface area contributed by atoms with Crippen LogP contribution in [-0.2, 0) is 6.42 Å². The Hall–Kier alpha value is -2.85. The van der Waals surface area contributed by atoms with Gasteiger partial charge >= 0.3 is 0 Å². The van der Waals surface area contributed by atoms with E-state index in [9.17, 15) is 4.79 Å². The Labute approximate surface area is 188 Å². The molecule has 0 saturated heterocycles. The summed E-state index contributed by atoms with van der Waals surface area (Å²) in [6.45, 7) is 4.25. The van der Waals surface area contributed by atoms with E-state index >= 15 is 0 Å². The average Bonchev–Trinajstić information content (AvgIpc) is 2.95. The van der Waals surface area contributed by atoms with Crippen LogP contribution >= 0.6 is 11.8 Å². The lowest BCUT2D eigenvalue weighted by molar-refractivity contribution is 0.0932. The van der Waals surface area contributed by atoms with Crippen molar-refractivity contribution in [2.75, 3.05) is 0 Å². The topological polar surface area (TPSA) is 41.5 Å². The molecule has 0 spiro atoms. The molecule has 5 rings (SSSR count). The quantitative estimate of drug-likeness (QED) is 0.500. The summed E-state index contributed by atoms with van der Waals surface area (Å²) in [6, 6.07) is 21.0. The molecule has 0 fully saturated rings. The van der Waals surface area contributed by atoms with E-state index in [1.54, 1.807) is 11.8 Å². The summed E-state index contributed by atoms with van der Waals surface area (Å²) in [7, 11) is 0. The number of aliphatic imine (C=N–C) groups is 1. The summed E-state index contributed by atoms with van der Waals surface area (Å²) in [5, 5.41) is 3.27.